The van der Waals surface area contributed by atoms with E-state index in [1.165, 1.54) is 5.01 Å². The summed E-state index contributed by atoms with van der Waals surface area (Å²) in [5.41, 5.74) is 6.29. The second kappa shape index (κ2) is 18.0. The molecule has 0 bridgehead atoms. The molecule has 3 rings (SSSR count). The molecule has 256 valence electrons. The zero-order valence-corrected chi connectivity index (χ0v) is 27.3. The number of carboxylic acid groups (broad SMARTS) is 1. The molecule has 6 N–H and O–H groups in total. The van der Waals surface area contributed by atoms with Crippen molar-refractivity contribution >= 4 is 41.4 Å². The number of fused-ring (bicyclic) bond motifs is 1. The maximum atomic E-state index is 13.9. The summed E-state index contributed by atoms with van der Waals surface area (Å²) in [4.78, 5) is 60.9. The van der Waals surface area contributed by atoms with E-state index in [-0.39, 0.29) is 18.5 Å². The molecule has 3 atom stereocenters. The van der Waals surface area contributed by atoms with Crippen LogP contribution in [0.25, 0.3) is 0 Å². The Hall–Kier alpha value is -4.24. The lowest BCUT2D eigenvalue weighted by molar-refractivity contribution is -0.188. The van der Waals surface area contributed by atoms with E-state index in [9.17, 15) is 19.2 Å². The summed E-state index contributed by atoms with van der Waals surface area (Å²) in [6.07, 6.45) is 3.21. The van der Waals surface area contributed by atoms with E-state index in [2.05, 4.69) is 10.6 Å². The Labute approximate surface area is 269 Å². The zero-order chi connectivity index (χ0) is 34.4. The molecule has 1 aromatic rings. The van der Waals surface area contributed by atoms with Gasteiger partial charge < -0.3 is 30.4 Å². The molecule has 46 heavy (non-hydrogen) atoms. The van der Waals surface area contributed by atoms with Crippen LogP contribution in [0.4, 0.5) is 5.69 Å². The van der Waals surface area contributed by atoms with Crippen molar-refractivity contribution in [2.75, 3.05) is 31.8 Å². The third-order valence-electron chi connectivity index (χ3n) is 7.13. The Morgan fingerprint density at radius 1 is 1.07 bits per heavy atom. The largest absolute Gasteiger partial charge is 0.481 e. The van der Waals surface area contributed by atoms with Crippen LogP contribution >= 0.6 is 0 Å². The standard InChI is InChI=1S/C29H44N6O7.C2H4O2/c1-5-40-25(37)22(15-12-19-10-13-20(14-11-19)32-28(30)31)33-21-8-6-16-34-17-7-9-23(35(34)24(21)36)26(38)41-18-42-27(39)29(2,3)4;1-2(3)4/h10-11,13-14,21-23,33H,5-9,12,15-18H2,1-4H3,(H4,30,31,32);1H3,(H,3,4)/t21-,22-,23-;/m0./s1. The van der Waals surface area contributed by atoms with Gasteiger partial charge in [-0.05, 0) is 83.9 Å². The summed E-state index contributed by atoms with van der Waals surface area (Å²) in [5.74, 6) is -2.88. The molecule has 2 aliphatic rings. The fourth-order valence-corrected chi connectivity index (χ4v) is 4.97. The van der Waals surface area contributed by atoms with E-state index < -0.39 is 54.2 Å². The molecule has 2 saturated heterocycles. The van der Waals surface area contributed by atoms with Crippen molar-refractivity contribution in [3.63, 3.8) is 0 Å². The van der Waals surface area contributed by atoms with Crippen molar-refractivity contribution in [2.45, 2.75) is 91.3 Å². The van der Waals surface area contributed by atoms with Crippen molar-refractivity contribution < 1.29 is 43.3 Å². The molecule has 0 saturated carbocycles. The number of nitrogens with one attached hydrogen (secondary N) is 3. The summed E-state index contributed by atoms with van der Waals surface area (Å²) in [6, 6.07) is 5.05. The molecule has 2 heterocycles. The predicted octanol–water partition coefficient (Wildman–Crippen LogP) is 2.00. The van der Waals surface area contributed by atoms with E-state index in [0.29, 0.717) is 57.3 Å². The molecule has 0 spiro atoms. The number of benzene rings is 1. The molecule has 2 aliphatic heterocycles. The number of carboxylic acids is 1. The van der Waals surface area contributed by atoms with Crippen LogP contribution in [0.5, 0.6) is 0 Å². The first kappa shape index (κ1) is 37.9. The first-order valence-corrected chi connectivity index (χ1v) is 15.4. The molecule has 0 aromatic heterocycles. The van der Waals surface area contributed by atoms with Gasteiger partial charge in [0.25, 0.3) is 11.9 Å². The van der Waals surface area contributed by atoms with E-state index in [0.717, 1.165) is 12.5 Å². The van der Waals surface area contributed by atoms with Crippen LogP contribution in [0, 0.1) is 10.8 Å². The van der Waals surface area contributed by atoms with Crippen molar-refractivity contribution in [3.8, 4) is 0 Å². The monoisotopic (exact) mass is 648 g/mol. The number of carbonyl (C=O) groups excluding carboxylic acids is 4. The molecular weight excluding hydrogens is 600 g/mol. The van der Waals surface area contributed by atoms with Crippen LogP contribution < -0.4 is 16.4 Å². The maximum Gasteiger partial charge on any atom is 0.333 e. The Balaban J connectivity index is 0.00000173. The lowest BCUT2D eigenvalue weighted by Gasteiger charge is -2.42. The smallest absolute Gasteiger partial charge is 0.333 e. The van der Waals surface area contributed by atoms with Gasteiger partial charge in [0, 0.05) is 25.7 Å². The number of hydrazine groups is 1. The van der Waals surface area contributed by atoms with E-state index in [4.69, 9.17) is 35.3 Å². The highest BCUT2D eigenvalue weighted by Gasteiger charge is 2.43. The number of hydrogen-bond donors (Lipinski definition) is 5. The lowest BCUT2D eigenvalue weighted by atomic mass is 9.98. The van der Waals surface area contributed by atoms with Crippen molar-refractivity contribution in [1.82, 2.24) is 15.3 Å². The van der Waals surface area contributed by atoms with Crippen LogP contribution in [0.15, 0.2) is 24.3 Å². The number of nitrogens with zero attached hydrogens (tertiary/aromatic N) is 2. The molecule has 15 heteroatoms. The number of rotatable bonds is 11. The van der Waals surface area contributed by atoms with Gasteiger partial charge in [-0.3, -0.25) is 34.9 Å². The normalized spacial score (nSPS) is 18.9. The highest BCUT2D eigenvalue weighted by Crippen LogP contribution is 2.25. The number of guanidine groups is 1. The molecule has 0 radical (unpaired) electrons. The molecule has 0 unspecified atom stereocenters. The van der Waals surface area contributed by atoms with Gasteiger partial charge in [0.1, 0.15) is 12.1 Å². The fourth-order valence-electron chi connectivity index (χ4n) is 4.97. The van der Waals surface area contributed by atoms with Crippen LogP contribution in [0.2, 0.25) is 0 Å². The molecule has 2 fully saturated rings. The van der Waals surface area contributed by atoms with Crippen LogP contribution in [-0.4, -0.2) is 95.5 Å². The van der Waals surface area contributed by atoms with Crippen LogP contribution in [0.3, 0.4) is 0 Å². The van der Waals surface area contributed by atoms with Gasteiger partial charge in [-0.2, -0.15) is 0 Å². The van der Waals surface area contributed by atoms with Gasteiger partial charge in [-0.25, -0.2) is 9.80 Å². The summed E-state index contributed by atoms with van der Waals surface area (Å²) in [7, 11) is 0. The molecular formula is C31H48N6O9. The number of nitrogens with two attached hydrogens (primary N) is 1. The topological polar surface area (TPSA) is 214 Å². The van der Waals surface area contributed by atoms with Crippen molar-refractivity contribution in [3.05, 3.63) is 29.8 Å². The zero-order valence-electron chi connectivity index (χ0n) is 27.3. The summed E-state index contributed by atoms with van der Waals surface area (Å²) in [5, 5.41) is 24.1. The van der Waals surface area contributed by atoms with Crippen LogP contribution in [0.1, 0.15) is 72.3 Å². The average Bonchev–Trinajstić information content (AvgIpc) is 3.13. The number of amides is 1. The molecule has 15 nitrogen and oxygen atoms in total. The Morgan fingerprint density at radius 3 is 2.24 bits per heavy atom. The number of aliphatic carboxylic acids is 1. The Bertz CT molecular complexity index is 1210. The minimum absolute atomic E-state index is 0.158. The van der Waals surface area contributed by atoms with Gasteiger partial charge in [-0.15, -0.1) is 0 Å². The highest BCUT2D eigenvalue weighted by molar-refractivity contribution is 5.90. The number of ether oxygens (including phenoxy) is 3. The van der Waals surface area contributed by atoms with Gasteiger partial charge in [0.05, 0.1) is 18.1 Å². The minimum Gasteiger partial charge on any atom is -0.481 e. The maximum absolute atomic E-state index is 13.9. The first-order chi connectivity index (χ1) is 21.6. The number of anilines is 1. The van der Waals surface area contributed by atoms with Gasteiger partial charge >= 0.3 is 17.9 Å². The summed E-state index contributed by atoms with van der Waals surface area (Å²) < 4.78 is 15.7. The van der Waals surface area contributed by atoms with Crippen molar-refractivity contribution in [1.29, 1.82) is 5.41 Å². The molecule has 0 aliphatic carbocycles. The highest BCUT2D eigenvalue weighted by atomic mass is 16.7. The second-order valence-electron chi connectivity index (χ2n) is 12.0. The quantitative estimate of drug-likeness (QED) is 0.101. The van der Waals surface area contributed by atoms with E-state index in [1.807, 2.05) is 17.1 Å². The number of aryl methyl sites for hydroxylation is 1. The summed E-state index contributed by atoms with van der Waals surface area (Å²) in [6.45, 7) is 8.80. The first-order valence-electron chi connectivity index (χ1n) is 15.4. The molecule has 1 aromatic carbocycles. The summed E-state index contributed by atoms with van der Waals surface area (Å²) >= 11 is 0. The number of esters is 3. The minimum atomic E-state index is -0.856. The Morgan fingerprint density at radius 2 is 1.67 bits per heavy atom. The van der Waals surface area contributed by atoms with Gasteiger partial charge in [0.2, 0.25) is 6.79 Å². The third-order valence-corrected chi connectivity index (χ3v) is 7.13. The van der Waals surface area contributed by atoms with Gasteiger partial charge in [0.15, 0.2) is 5.96 Å². The lowest BCUT2D eigenvalue weighted by Crippen LogP contribution is -2.62. The average molecular weight is 649 g/mol. The van der Waals surface area contributed by atoms with E-state index >= 15 is 0 Å². The fraction of sp³-hybridized carbons (Fsp3) is 0.613. The van der Waals surface area contributed by atoms with Crippen molar-refractivity contribution in [2.24, 2.45) is 11.1 Å². The van der Waals surface area contributed by atoms with E-state index in [1.54, 1.807) is 39.8 Å². The predicted molar refractivity (Wildman–Crippen MR) is 168 cm³/mol. The number of hydrogen-bond acceptors (Lipinski definition) is 11. The molecule has 1 amide bonds. The Kier molecular flexibility index (Phi) is 14.9. The second-order valence-corrected chi connectivity index (χ2v) is 12.0. The third kappa shape index (κ3) is 12.3. The van der Waals surface area contributed by atoms with Gasteiger partial charge in [-0.1, -0.05) is 12.1 Å². The SMILES string of the molecule is CC(=O)O.CCOC(=O)[C@H](CCc1ccc(NC(=N)N)cc1)N[C@H]1CCCN2CCC[C@@H](C(=O)OCOC(=O)C(C)(C)C)N2C1=O. The van der Waals surface area contributed by atoms with Crippen LogP contribution in [-0.2, 0) is 44.6 Å². The number of carbonyl (C=O) groups is 5.